The molecule has 0 saturated carbocycles. The average Bonchev–Trinajstić information content (AvgIpc) is 2.36. The number of carboxylic acid groups (broad SMARTS) is 1. The molecule has 19 heavy (non-hydrogen) atoms. The van der Waals surface area contributed by atoms with Gasteiger partial charge in [-0.3, -0.25) is 0 Å². The number of aryl methyl sites for hydroxylation is 1. The van der Waals surface area contributed by atoms with Gasteiger partial charge in [0.15, 0.2) is 0 Å². The third-order valence-electron chi connectivity index (χ3n) is 3.37. The molecule has 1 aromatic carbocycles. The maximum absolute atomic E-state index is 11.1. The Morgan fingerprint density at radius 2 is 1.95 bits per heavy atom. The molecule has 1 rings (SSSR count). The maximum Gasteiger partial charge on any atom is 0.335 e. The number of aromatic carboxylic acids is 1. The van der Waals surface area contributed by atoms with Gasteiger partial charge in [-0.05, 0) is 57.1 Å². The van der Waals surface area contributed by atoms with Crippen molar-refractivity contribution in [3.63, 3.8) is 0 Å². The molecule has 1 atom stereocenters. The highest BCUT2D eigenvalue weighted by Crippen LogP contribution is 2.18. The number of carboxylic acids is 1. The van der Waals surface area contributed by atoms with Crippen LogP contribution in [0.5, 0.6) is 0 Å². The van der Waals surface area contributed by atoms with Crippen molar-refractivity contribution in [3.8, 4) is 0 Å². The number of benzene rings is 1. The first-order valence-electron chi connectivity index (χ1n) is 6.95. The molecule has 0 aliphatic carbocycles. The Balaban J connectivity index is 2.48. The summed E-state index contributed by atoms with van der Waals surface area (Å²) < 4.78 is 0. The highest BCUT2D eigenvalue weighted by molar-refractivity contribution is 5.89. The van der Waals surface area contributed by atoms with E-state index in [2.05, 4.69) is 26.8 Å². The minimum absolute atomic E-state index is 0.444. The van der Waals surface area contributed by atoms with Gasteiger partial charge in [0.25, 0.3) is 0 Å². The monoisotopic (exact) mass is 260 g/mol. The van der Waals surface area contributed by atoms with Crippen molar-refractivity contribution < 1.29 is 9.90 Å². The van der Waals surface area contributed by atoms with Crippen LogP contribution >= 0.6 is 0 Å². The summed E-state index contributed by atoms with van der Waals surface area (Å²) >= 11 is 0. The van der Waals surface area contributed by atoms with Crippen molar-refractivity contribution >= 4 is 5.97 Å². The lowest BCUT2D eigenvalue weighted by molar-refractivity contribution is 0.0695. The van der Waals surface area contributed by atoms with Crippen LogP contribution in [0.3, 0.4) is 0 Å². The molecule has 0 aliphatic rings. The third kappa shape index (κ3) is 5.73. The molecule has 0 spiro atoms. The van der Waals surface area contributed by atoms with Crippen LogP contribution < -0.4 is 0 Å². The van der Waals surface area contributed by atoms with E-state index in [9.17, 15) is 4.79 Å². The smallest absolute Gasteiger partial charge is 0.335 e. The lowest BCUT2D eigenvalue weighted by atomic mass is 9.94. The van der Waals surface area contributed by atoms with Crippen LogP contribution in [0.4, 0.5) is 0 Å². The molecule has 0 aliphatic heterocycles. The number of allylic oxidation sites excluding steroid dienone is 2. The Bertz CT molecular complexity index is 442. The fourth-order valence-electron chi connectivity index (χ4n) is 2.15. The van der Waals surface area contributed by atoms with E-state index in [4.69, 9.17) is 5.11 Å². The Labute approximate surface area is 116 Å². The third-order valence-corrected chi connectivity index (χ3v) is 3.37. The van der Waals surface area contributed by atoms with Crippen molar-refractivity contribution in [1.82, 2.24) is 0 Å². The van der Waals surface area contributed by atoms with Gasteiger partial charge in [-0.15, -0.1) is 0 Å². The largest absolute Gasteiger partial charge is 0.478 e. The second-order valence-electron chi connectivity index (χ2n) is 5.46. The van der Waals surface area contributed by atoms with Crippen LogP contribution in [-0.2, 0) is 6.42 Å². The first kappa shape index (κ1) is 15.5. The molecule has 0 fully saturated rings. The van der Waals surface area contributed by atoms with Gasteiger partial charge >= 0.3 is 5.97 Å². The van der Waals surface area contributed by atoms with E-state index in [1.54, 1.807) is 12.1 Å². The van der Waals surface area contributed by atoms with Crippen LogP contribution in [0.1, 0.15) is 56.0 Å². The highest BCUT2D eigenvalue weighted by atomic mass is 16.4. The first-order chi connectivity index (χ1) is 9.00. The summed E-state index contributed by atoms with van der Waals surface area (Å²) in [7, 11) is 0. The van der Waals surface area contributed by atoms with Crippen LogP contribution in [-0.4, -0.2) is 11.1 Å². The molecule has 2 nitrogen and oxygen atoms in total. The fraction of sp³-hybridized carbons (Fsp3) is 0.471. The number of rotatable bonds is 7. The zero-order chi connectivity index (χ0) is 14.3. The molecule has 0 heterocycles. The molecule has 0 aromatic heterocycles. The Morgan fingerprint density at radius 1 is 1.26 bits per heavy atom. The summed E-state index contributed by atoms with van der Waals surface area (Å²) in [5.41, 5.74) is 2.76. The lowest BCUT2D eigenvalue weighted by Gasteiger charge is -2.11. The maximum atomic E-state index is 11.1. The molecular formula is C17H24O2. The van der Waals surface area contributed by atoms with E-state index in [0.29, 0.717) is 11.5 Å². The molecule has 1 N–H and O–H groups in total. The predicted molar refractivity (Wildman–Crippen MR) is 79.6 cm³/mol. The van der Waals surface area contributed by atoms with Gasteiger partial charge in [0.05, 0.1) is 5.56 Å². The summed E-state index contributed by atoms with van der Waals surface area (Å²) in [6.45, 7) is 6.48. The van der Waals surface area contributed by atoms with Gasteiger partial charge in [0.2, 0.25) is 0 Å². The van der Waals surface area contributed by atoms with Gasteiger partial charge in [0.1, 0.15) is 0 Å². The van der Waals surface area contributed by atoms with E-state index < -0.39 is 5.97 Å². The zero-order valence-corrected chi connectivity index (χ0v) is 12.1. The Morgan fingerprint density at radius 3 is 2.58 bits per heavy atom. The van der Waals surface area contributed by atoms with Crippen LogP contribution in [0.25, 0.3) is 0 Å². The van der Waals surface area contributed by atoms with E-state index in [-0.39, 0.29) is 0 Å². The molecular weight excluding hydrogens is 236 g/mol. The van der Waals surface area contributed by atoms with Crippen LogP contribution in [0.2, 0.25) is 0 Å². The fourth-order valence-corrected chi connectivity index (χ4v) is 2.15. The normalized spacial score (nSPS) is 11.9. The van der Waals surface area contributed by atoms with Gasteiger partial charge < -0.3 is 5.11 Å². The molecule has 0 radical (unpaired) electrons. The highest BCUT2D eigenvalue weighted by Gasteiger charge is 2.10. The van der Waals surface area contributed by atoms with E-state index in [1.807, 2.05) is 12.1 Å². The van der Waals surface area contributed by atoms with Crippen molar-refractivity contribution in [2.24, 2.45) is 5.92 Å². The second kappa shape index (κ2) is 7.78. The molecule has 2 heteroatoms. The van der Waals surface area contributed by atoms with E-state index in [0.717, 1.165) is 24.8 Å². The van der Waals surface area contributed by atoms with Crippen molar-refractivity contribution in [1.29, 1.82) is 0 Å². The van der Waals surface area contributed by atoms with Gasteiger partial charge in [-0.2, -0.15) is 0 Å². The topological polar surface area (TPSA) is 37.3 Å². The van der Waals surface area contributed by atoms with E-state index >= 15 is 0 Å². The van der Waals surface area contributed by atoms with Gasteiger partial charge in [-0.25, -0.2) is 4.79 Å². The Hall–Kier alpha value is -1.57. The van der Waals surface area contributed by atoms with Crippen molar-refractivity contribution in [3.05, 3.63) is 47.0 Å². The van der Waals surface area contributed by atoms with Crippen LogP contribution in [0, 0.1) is 5.92 Å². The molecule has 0 amide bonds. The molecule has 104 valence electrons. The zero-order valence-electron chi connectivity index (χ0n) is 12.1. The number of carbonyl (C=O) groups is 1. The molecule has 1 aromatic rings. The summed E-state index contributed by atoms with van der Waals surface area (Å²) in [6, 6.07) is 7.30. The summed E-state index contributed by atoms with van der Waals surface area (Å²) in [6.07, 6.45) is 6.44. The summed E-state index contributed by atoms with van der Waals surface area (Å²) in [5.74, 6) is -0.203. The minimum Gasteiger partial charge on any atom is -0.478 e. The molecule has 0 saturated heterocycles. The van der Waals surface area contributed by atoms with Crippen molar-refractivity contribution in [2.75, 3.05) is 0 Å². The summed E-state index contributed by atoms with van der Waals surface area (Å²) in [4.78, 5) is 11.1. The van der Waals surface area contributed by atoms with Gasteiger partial charge in [-0.1, -0.05) is 36.8 Å². The first-order valence-corrected chi connectivity index (χ1v) is 6.95. The summed E-state index contributed by atoms with van der Waals surface area (Å²) in [5, 5.41) is 9.13. The number of hydrogen-bond donors (Lipinski definition) is 1. The lowest BCUT2D eigenvalue weighted by Crippen LogP contribution is -2.04. The van der Waals surface area contributed by atoms with Gasteiger partial charge in [0, 0.05) is 0 Å². The minimum atomic E-state index is -0.826. The molecule has 1 unspecified atom stereocenters. The average molecular weight is 260 g/mol. The Kier molecular flexibility index (Phi) is 6.34. The standard InChI is InChI=1S/C17H24O2/c1-13(2)7-6-8-14(3)11-12-15-9-4-5-10-16(15)17(18)19/h4-5,7,9-10,14H,6,8,11-12H2,1-3H3,(H,18,19). The quantitative estimate of drug-likeness (QED) is 0.721. The van der Waals surface area contributed by atoms with Crippen molar-refractivity contribution in [2.45, 2.75) is 46.5 Å². The molecule has 0 bridgehead atoms. The SMILES string of the molecule is CC(C)=CCCC(C)CCc1ccccc1C(=O)O. The van der Waals surface area contributed by atoms with Crippen LogP contribution in [0.15, 0.2) is 35.9 Å². The second-order valence-corrected chi connectivity index (χ2v) is 5.46. The van der Waals surface area contributed by atoms with E-state index in [1.165, 1.54) is 12.0 Å². The predicted octanol–water partition coefficient (Wildman–Crippen LogP) is 4.70. The number of hydrogen-bond acceptors (Lipinski definition) is 1.